The summed E-state index contributed by atoms with van der Waals surface area (Å²) in [7, 11) is -1.06. The summed E-state index contributed by atoms with van der Waals surface area (Å²) in [5, 5.41) is 15.3. The fourth-order valence-electron chi connectivity index (χ4n) is 3.25. The summed E-state index contributed by atoms with van der Waals surface area (Å²) in [6.07, 6.45) is 13.0. The van der Waals surface area contributed by atoms with Crippen molar-refractivity contribution >= 4 is 28.6 Å². The normalized spacial score (nSPS) is 15.4. The monoisotopic (exact) mass is 502 g/mol. The van der Waals surface area contributed by atoms with Crippen LogP contribution >= 0.6 is 11.6 Å². The van der Waals surface area contributed by atoms with Crippen LogP contribution in [0.5, 0.6) is 0 Å². The van der Waals surface area contributed by atoms with Crippen molar-refractivity contribution in [1.29, 1.82) is 0 Å². The highest BCUT2D eigenvalue weighted by atomic mass is 35.5. The highest BCUT2D eigenvalue weighted by molar-refractivity contribution is 7.88. The number of hydrogen-bond donors (Lipinski definition) is 1. The molecule has 1 N–H and O–H groups in total. The maximum atomic E-state index is 14.7. The first kappa shape index (κ1) is 27.7. The van der Waals surface area contributed by atoms with E-state index in [0.29, 0.717) is 11.4 Å². The third-order valence-corrected chi connectivity index (χ3v) is 6.58. The first-order valence-electron chi connectivity index (χ1n) is 10.9. The van der Waals surface area contributed by atoms with E-state index in [1.165, 1.54) is 10.7 Å². The van der Waals surface area contributed by atoms with Gasteiger partial charge in [0.15, 0.2) is 0 Å². The number of hydrogen-bond acceptors (Lipinski definition) is 3. The molecular formula is C27H32ClFN2O2S. The fraction of sp³-hybridized carbons (Fsp3) is 0.296. The second-order valence-electron chi connectivity index (χ2n) is 8.38. The molecule has 0 radical (unpaired) electrons. The Hall–Kier alpha value is -2.54. The minimum atomic E-state index is -1.22. The lowest BCUT2D eigenvalue weighted by Gasteiger charge is -2.12. The second kappa shape index (κ2) is 11.7. The molecule has 0 aliphatic carbocycles. The zero-order chi connectivity index (χ0) is 25.6. The van der Waals surface area contributed by atoms with Gasteiger partial charge < -0.3 is 5.11 Å². The van der Waals surface area contributed by atoms with Crippen molar-refractivity contribution in [2.24, 2.45) is 0 Å². The molecule has 0 aliphatic rings. The Labute approximate surface area is 209 Å². The molecule has 2 rings (SSSR count). The van der Waals surface area contributed by atoms with Gasteiger partial charge in [0.05, 0.1) is 22.0 Å². The van der Waals surface area contributed by atoms with Gasteiger partial charge in [0.2, 0.25) is 0 Å². The predicted octanol–water partition coefficient (Wildman–Crippen LogP) is 7.16. The van der Waals surface area contributed by atoms with Gasteiger partial charge in [-0.05, 0) is 88.6 Å². The number of halogens is 2. The molecular weight excluding hydrogens is 471 g/mol. The van der Waals surface area contributed by atoms with Gasteiger partial charge in [-0.15, -0.1) is 0 Å². The number of aliphatic hydroxyl groups is 1. The van der Waals surface area contributed by atoms with Crippen LogP contribution in [0.4, 0.5) is 4.39 Å². The number of aromatic nitrogens is 2. The smallest absolute Gasteiger partial charge is 0.134 e. The number of nitrogens with zero attached hydrogens (tertiary/aromatic N) is 2. The molecule has 0 aliphatic heterocycles. The average molecular weight is 503 g/mol. The van der Waals surface area contributed by atoms with E-state index in [-0.39, 0.29) is 10.6 Å². The molecule has 0 saturated carbocycles. The molecule has 0 fully saturated rings. The molecule has 1 heterocycles. The van der Waals surface area contributed by atoms with E-state index in [1.54, 1.807) is 44.5 Å². The molecule has 34 heavy (non-hydrogen) atoms. The second-order valence-corrected chi connectivity index (χ2v) is 10.3. The van der Waals surface area contributed by atoms with E-state index in [1.807, 2.05) is 58.1 Å². The number of rotatable bonds is 8. The van der Waals surface area contributed by atoms with Crippen molar-refractivity contribution in [2.45, 2.75) is 47.1 Å². The Morgan fingerprint density at radius 2 is 1.91 bits per heavy atom. The van der Waals surface area contributed by atoms with Crippen LogP contribution in [-0.2, 0) is 16.4 Å². The largest absolute Gasteiger partial charge is 0.384 e. The van der Waals surface area contributed by atoms with Gasteiger partial charge in [-0.25, -0.2) is 9.07 Å². The molecule has 1 atom stereocenters. The van der Waals surface area contributed by atoms with E-state index >= 15 is 0 Å². The van der Waals surface area contributed by atoms with Crippen LogP contribution in [0.1, 0.15) is 47.2 Å². The molecule has 0 bridgehead atoms. The Morgan fingerprint density at radius 3 is 2.44 bits per heavy atom. The third kappa shape index (κ3) is 6.75. The third-order valence-electron chi connectivity index (χ3n) is 5.24. The number of allylic oxidation sites excluding steroid dienone is 9. The highest BCUT2D eigenvalue weighted by Crippen LogP contribution is 2.33. The molecule has 0 saturated heterocycles. The summed E-state index contributed by atoms with van der Waals surface area (Å²) in [4.78, 5) is 0.769. The van der Waals surface area contributed by atoms with Crippen LogP contribution in [-0.4, -0.2) is 25.4 Å². The summed E-state index contributed by atoms with van der Waals surface area (Å²) in [5.74, 6) is -0.476. The Kier molecular flexibility index (Phi) is 9.56. The van der Waals surface area contributed by atoms with Crippen LogP contribution in [0.3, 0.4) is 0 Å². The van der Waals surface area contributed by atoms with Gasteiger partial charge in [-0.1, -0.05) is 35.9 Å². The van der Waals surface area contributed by atoms with Crippen LogP contribution in [0, 0.1) is 5.82 Å². The van der Waals surface area contributed by atoms with Crippen molar-refractivity contribution < 1.29 is 13.7 Å². The van der Waals surface area contributed by atoms with Gasteiger partial charge in [0, 0.05) is 28.2 Å². The minimum Gasteiger partial charge on any atom is -0.384 e. The van der Waals surface area contributed by atoms with Gasteiger partial charge in [-0.3, -0.25) is 4.21 Å². The Bertz CT molecular complexity index is 1210. The highest BCUT2D eigenvalue weighted by Gasteiger charge is 2.24. The van der Waals surface area contributed by atoms with E-state index in [9.17, 15) is 13.7 Å². The van der Waals surface area contributed by atoms with Crippen LogP contribution < -0.4 is 0 Å². The molecule has 182 valence electrons. The van der Waals surface area contributed by atoms with Gasteiger partial charge in [-0.2, -0.15) is 5.10 Å². The average Bonchev–Trinajstić information content (AvgIpc) is 3.18. The zero-order valence-electron chi connectivity index (χ0n) is 20.7. The SMILES string of the molecule is C\C=C/C(C(=C/C)/C=C(\C)S(C)=O)=C(C)\C=C\n1nc(C(C)(C)O)cc1-c1c(F)cccc1Cl. The molecule has 0 spiro atoms. The lowest BCUT2D eigenvalue weighted by Crippen LogP contribution is -2.16. The Balaban J connectivity index is 2.68. The first-order chi connectivity index (χ1) is 15.9. The molecule has 1 aromatic heterocycles. The summed E-state index contributed by atoms with van der Waals surface area (Å²) < 4.78 is 28.1. The van der Waals surface area contributed by atoms with E-state index in [2.05, 4.69) is 5.10 Å². The summed E-state index contributed by atoms with van der Waals surface area (Å²) in [6.45, 7) is 10.9. The van der Waals surface area contributed by atoms with Crippen LogP contribution in [0.2, 0.25) is 5.02 Å². The molecule has 0 amide bonds. The number of benzene rings is 1. The predicted molar refractivity (Wildman–Crippen MR) is 142 cm³/mol. The minimum absolute atomic E-state index is 0.213. The van der Waals surface area contributed by atoms with E-state index in [4.69, 9.17) is 11.6 Å². The van der Waals surface area contributed by atoms with Gasteiger partial charge in [0.25, 0.3) is 0 Å². The van der Waals surface area contributed by atoms with Crippen molar-refractivity contribution in [3.05, 3.63) is 92.8 Å². The van der Waals surface area contributed by atoms with Crippen molar-refractivity contribution in [2.75, 3.05) is 6.26 Å². The van der Waals surface area contributed by atoms with Gasteiger partial charge >= 0.3 is 0 Å². The molecule has 4 nitrogen and oxygen atoms in total. The quantitative estimate of drug-likeness (QED) is 0.389. The van der Waals surface area contributed by atoms with Crippen molar-refractivity contribution in [3.63, 3.8) is 0 Å². The van der Waals surface area contributed by atoms with Crippen LogP contribution in [0.25, 0.3) is 17.5 Å². The lowest BCUT2D eigenvalue weighted by atomic mass is 9.99. The summed E-state index contributed by atoms with van der Waals surface area (Å²) in [5.41, 5.74) is 2.62. The zero-order valence-corrected chi connectivity index (χ0v) is 22.3. The summed E-state index contributed by atoms with van der Waals surface area (Å²) >= 11 is 6.32. The molecule has 7 heteroatoms. The molecule has 1 unspecified atom stereocenters. The van der Waals surface area contributed by atoms with E-state index < -0.39 is 22.2 Å². The maximum Gasteiger partial charge on any atom is 0.134 e. The van der Waals surface area contributed by atoms with Crippen LogP contribution in [0.15, 0.2) is 76.3 Å². The van der Waals surface area contributed by atoms with E-state index in [0.717, 1.165) is 21.6 Å². The molecule has 1 aromatic carbocycles. The lowest BCUT2D eigenvalue weighted by molar-refractivity contribution is 0.0735. The van der Waals surface area contributed by atoms with Gasteiger partial charge in [0.1, 0.15) is 11.4 Å². The molecule has 2 aromatic rings. The van der Waals surface area contributed by atoms with Crippen molar-refractivity contribution in [1.82, 2.24) is 9.78 Å². The Morgan fingerprint density at radius 1 is 1.24 bits per heavy atom. The van der Waals surface area contributed by atoms with Crippen molar-refractivity contribution in [3.8, 4) is 11.3 Å². The summed E-state index contributed by atoms with van der Waals surface area (Å²) in [6, 6.07) is 6.14. The fourth-order valence-corrected chi connectivity index (χ4v) is 3.80. The first-order valence-corrected chi connectivity index (χ1v) is 12.8. The maximum absolute atomic E-state index is 14.7. The topological polar surface area (TPSA) is 55.1 Å². The standard InChI is InChI=1S/C27H32ClFN2O2S/c1-8-11-21(20(9-2)16-19(4)34(7)33)18(3)14-15-31-24(17-25(30-31)27(5,6)32)26-22(28)12-10-13-23(26)29/h8-17,32H,1-7H3/b11-8-,15-14+,19-16+,20-9+,21-18+.